The van der Waals surface area contributed by atoms with Crippen LogP contribution in [-0.4, -0.2) is 30.7 Å². The van der Waals surface area contributed by atoms with Gasteiger partial charge in [-0.2, -0.15) is 5.10 Å². The number of benzene rings is 1. The maximum atomic E-state index is 12.6. The van der Waals surface area contributed by atoms with Crippen molar-refractivity contribution in [1.82, 2.24) is 24.8 Å². The number of aryl methyl sites for hydroxylation is 2. The molecular weight excluding hydrogens is 294 g/mol. The van der Waals surface area contributed by atoms with Crippen molar-refractivity contribution in [2.45, 2.75) is 13.8 Å². The molecule has 0 fully saturated rings. The van der Waals surface area contributed by atoms with Crippen LogP contribution in [0.5, 0.6) is 0 Å². The van der Waals surface area contributed by atoms with Crippen molar-refractivity contribution in [2.75, 3.05) is 0 Å². The summed E-state index contributed by atoms with van der Waals surface area (Å²) in [5.74, 6) is -0.515. The third-order valence-corrected chi connectivity index (χ3v) is 3.66. The lowest BCUT2D eigenvalue weighted by atomic mass is 10.2. The molecule has 114 valence electrons. The van der Waals surface area contributed by atoms with Crippen molar-refractivity contribution in [3.63, 3.8) is 0 Å². The predicted molar refractivity (Wildman–Crippen MR) is 83.1 cm³/mol. The summed E-state index contributed by atoms with van der Waals surface area (Å²) >= 11 is 0. The van der Waals surface area contributed by atoms with E-state index in [0.29, 0.717) is 27.8 Å². The number of carbonyl (C=O) groups excluding carboxylic acids is 1. The molecular formula is C16H13N5O2. The summed E-state index contributed by atoms with van der Waals surface area (Å²) in [6.07, 6.45) is 1.82. The van der Waals surface area contributed by atoms with Crippen LogP contribution in [-0.2, 0) is 0 Å². The Balaban J connectivity index is 1.78. The Kier molecular flexibility index (Phi) is 2.87. The Morgan fingerprint density at radius 1 is 1.13 bits per heavy atom. The van der Waals surface area contributed by atoms with Gasteiger partial charge in [0.2, 0.25) is 0 Å². The highest BCUT2D eigenvalue weighted by Crippen LogP contribution is 2.17. The number of nitrogens with zero attached hydrogens (tertiary/aromatic N) is 5. The van der Waals surface area contributed by atoms with Gasteiger partial charge in [0.05, 0.1) is 11.2 Å². The number of hydrogen-bond donors (Lipinski definition) is 0. The molecule has 0 amide bonds. The lowest BCUT2D eigenvalue weighted by molar-refractivity contribution is 0.0410. The summed E-state index contributed by atoms with van der Waals surface area (Å²) in [5, 5.41) is 12.2. The SMILES string of the molecule is Cc1ccn2nc(C)c(C(=O)On3nnc4ccccc43)c2c1. The highest BCUT2D eigenvalue weighted by Gasteiger charge is 2.21. The van der Waals surface area contributed by atoms with E-state index in [1.165, 1.54) is 0 Å². The van der Waals surface area contributed by atoms with Crippen molar-refractivity contribution in [3.05, 3.63) is 59.4 Å². The van der Waals surface area contributed by atoms with Crippen LogP contribution in [0.2, 0.25) is 0 Å². The van der Waals surface area contributed by atoms with Gasteiger partial charge in [-0.25, -0.2) is 9.31 Å². The molecule has 4 rings (SSSR count). The zero-order valence-corrected chi connectivity index (χ0v) is 12.6. The molecule has 7 heteroatoms. The average molecular weight is 307 g/mol. The van der Waals surface area contributed by atoms with Gasteiger partial charge in [-0.1, -0.05) is 17.0 Å². The Hall–Kier alpha value is -3.22. The van der Waals surface area contributed by atoms with Gasteiger partial charge in [-0.3, -0.25) is 0 Å². The first-order valence-electron chi connectivity index (χ1n) is 7.12. The van der Waals surface area contributed by atoms with Crippen LogP contribution in [0, 0.1) is 13.8 Å². The second-order valence-electron chi connectivity index (χ2n) is 5.32. The number of carbonyl (C=O) groups is 1. The molecule has 0 bridgehead atoms. The summed E-state index contributed by atoms with van der Waals surface area (Å²) in [6, 6.07) is 11.1. The normalized spacial score (nSPS) is 11.2. The van der Waals surface area contributed by atoms with Gasteiger partial charge in [0.25, 0.3) is 0 Å². The van der Waals surface area contributed by atoms with Crippen LogP contribution in [0.3, 0.4) is 0 Å². The van der Waals surface area contributed by atoms with Crippen LogP contribution in [0.25, 0.3) is 16.6 Å². The van der Waals surface area contributed by atoms with Crippen molar-refractivity contribution < 1.29 is 9.63 Å². The molecule has 3 heterocycles. The van der Waals surface area contributed by atoms with Crippen LogP contribution in [0.15, 0.2) is 42.6 Å². The van der Waals surface area contributed by atoms with Gasteiger partial charge in [-0.15, -0.1) is 5.10 Å². The monoisotopic (exact) mass is 307 g/mol. The molecule has 0 saturated carbocycles. The number of aromatic nitrogens is 5. The minimum absolute atomic E-state index is 0.424. The fourth-order valence-electron chi connectivity index (χ4n) is 2.56. The van der Waals surface area contributed by atoms with Crippen LogP contribution < -0.4 is 4.84 Å². The number of fused-ring (bicyclic) bond motifs is 2. The largest absolute Gasteiger partial charge is 0.369 e. The minimum atomic E-state index is -0.515. The smallest absolute Gasteiger partial charge is 0.312 e. The number of rotatable bonds is 2. The fourth-order valence-corrected chi connectivity index (χ4v) is 2.56. The molecule has 0 radical (unpaired) electrons. The molecule has 0 atom stereocenters. The quantitative estimate of drug-likeness (QED) is 0.529. The highest BCUT2D eigenvalue weighted by molar-refractivity contribution is 5.98. The third kappa shape index (κ3) is 2.13. The molecule has 0 spiro atoms. The molecule has 7 nitrogen and oxygen atoms in total. The van der Waals surface area contributed by atoms with E-state index in [4.69, 9.17) is 4.84 Å². The first-order valence-corrected chi connectivity index (χ1v) is 7.12. The van der Waals surface area contributed by atoms with Gasteiger partial charge >= 0.3 is 5.97 Å². The second kappa shape index (κ2) is 4.91. The van der Waals surface area contributed by atoms with Crippen molar-refractivity contribution in [2.24, 2.45) is 0 Å². The second-order valence-corrected chi connectivity index (χ2v) is 5.32. The summed E-state index contributed by atoms with van der Waals surface area (Å²) in [6.45, 7) is 3.74. The first kappa shape index (κ1) is 13.4. The van der Waals surface area contributed by atoms with E-state index in [1.807, 2.05) is 37.4 Å². The number of para-hydroxylation sites is 1. The molecule has 23 heavy (non-hydrogen) atoms. The van der Waals surface area contributed by atoms with Crippen LogP contribution in [0.4, 0.5) is 0 Å². The molecule has 3 aromatic heterocycles. The van der Waals surface area contributed by atoms with E-state index in [1.54, 1.807) is 23.6 Å². The maximum Gasteiger partial charge on any atom is 0.369 e. The first-order chi connectivity index (χ1) is 11.1. The Morgan fingerprint density at radius 2 is 1.96 bits per heavy atom. The predicted octanol–water partition coefficient (Wildman–Crippen LogP) is 1.96. The number of pyridine rings is 1. The van der Waals surface area contributed by atoms with E-state index in [-0.39, 0.29) is 0 Å². The molecule has 0 N–H and O–H groups in total. The van der Waals surface area contributed by atoms with E-state index in [9.17, 15) is 4.79 Å². The van der Waals surface area contributed by atoms with Crippen LogP contribution in [0.1, 0.15) is 21.6 Å². The lowest BCUT2D eigenvalue weighted by Gasteiger charge is -2.03. The van der Waals surface area contributed by atoms with Gasteiger partial charge in [0, 0.05) is 6.20 Å². The summed E-state index contributed by atoms with van der Waals surface area (Å²) in [5.41, 5.74) is 4.06. The van der Waals surface area contributed by atoms with Gasteiger partial charge in [-0.05, 0) is 48.9 Å². The molecule has 0 aliphatic carbocycles. The summed E-state index contributed by atoms with van der Waals surface area (Å²) in [7, 11) is 0. The van der Waals surface area contributed by atoms with Crippen molar-refractivity contribution >= 4 is 22.5 Å². The molecule has 0 aliphatic rings. The van der Waals surface area contributed by atoms with Gasteiger partial charge in [0.15, 0.2) is 0 Å². The van der Waals surface area contributed by atoms with Crippen LogP contribution >= 0.6 is 0 Å². The molecule has 4 aromatic rings. The molecule has 0 unspecified atom stereocenters. The standard InChI is InChI=1S/C16H13N5O2/c1-10-7-8-20-14(9-10)15(11(2)18-20)16(22)23-21-13-6-4-3-5-12(13)17-19-21/h3-9H,1-2H3. The summed E-state index contributed by atoms with van der Waals surface area (Å²) in [4.78, 5) is 19.1. The minimum Gasteiger partial charge on any atom is -0.312 e. The van der Waals surface area contributed by atoms with E-state index >= 15 is 0 Å². The van der Waals surface area contributed by atoms with E-state index < -0.39 is 5.97 Å². The zero-order chi connectivity index (χ0) is 16.0. The maximum absolute atomic E-state index is 12.6. The summed E-state index contributed by atoms with van der Waals surface area (Å²) < 4.78 is 1.67. The highest BCUT2D eigenvalue weighted by atomic mass is 16.7. The van der Waals surface area contributed by atoms with E-state index in [0.717, 1.165) is 10.4 Å². The average Bonchev–Trinajstić information content (AvgIpc) is 3.08. The molecule has 0 aliphatic heterocycles. The topological polar surface area (TPSA) is 74.3 Å². The molecule has 1 aromatic carbocycles. The van der Waals surface area contributed by atoms with Crippen molar-refractivity contribution in [1.29, 1.82) is 0 Å². The Labute approximate surface area is 131 Å². The van der Waals surface area contributed by atoms with E-state index in [2.05, 4.69) is 15.4 Å². The number of hydrogen-bond acceptors (Lipinski definition) is 5. The van der Waals surface area contributed by atoms with Crippen molar-refractivity contribution in [3.8, 4) is 0 Å². The zero-order valence-electron chi connectivity index (χ0n) is 12.6. The molecule has 0 saturated heterocycles. The fraction of sp³-hybridized carbons (Fsp3) is 0.125. The Bertz CT molecular complexity index is 1050. The Morgan fingerprint density at radius 3 is 2.83 bits per heavy atom. The van der Waals surface area contributed by atoms with Gasteiger partial charge < -0.3 is 4.84 Å². The van der Waals surface area contributed by atoms with Gasteiger partial charge in [0.1, 0.15) is 16.6 Å². The lowest BCUT2D eigenvalue weighted by Crippen LogP contribution is -2.21. The third-order valence-electron chi connectivity index (χ3n) is 3.66.